The van der Waals surface area contributed by atoms with Gasteiger partial charge in [-0.25, -0.2) is 4.98 Å². The number of piperidine rings is 1. The maximum atomic E-state index is 13.1. The summed E-state index contributed by atoms with van der Waals surface area (Å²) in [6, 6.07) is 9.80. The number of benzene rings is 1. The Kier molecular flexibility index (Phi) is 4.17. The summed E-state index contributed by atoms with van der Waals surface area (Å²) >= 11 is 9.65. The predicted octanol–water partition coefficient (Wildman–Crippen LogP) is 3.88. The van der Waals surface area contributed by atoms with Crippen molar-refractivity contribution in [2.75, 3.05) is 29.9 Å². The maximum Gasteiger partial charge on any atom is 0.237 e. The predicted molar refractivity (Wildman–Crippen MR) is 105 cm³/mol. The van der Waals surface area contributed by atoms with Crippen LogP contribution in [0.2, 0.25) is 5.02 Å². The molecule has 0 bridgehead atoms. The average molecular weight is 432 g/mol. The van der Waals surface area contributed by atoms with Gasteiger partial charge in [0.1, 0.15) is 6.07 Å². The first-order valence-corrected chi connectivity index (χ1v) is 9.52. The summed E-state index contributed by atoms with van der Waals surface area (Å²) in [6.07, 6.45) is 3.14. The second-order valence-electron chi connectivity index (χ2n) is 6.73. The molecule has 1 spiro atoms. The van der Waals surface area contributed by atoms with Crippen molar-refractivity contribution < 1.29 is 4.79 Å². The highest BCUT2D eigenvalue weighted by Crippen LogP contribution is 2.48. The Morgan fingerprint density at radius 1 is 1.31 bits per heavy atom. The summed E-state index contributed by atoms with van der Waals surface area (Å²) in [5, 5.41) is 9.33. The molecule has 5 nitrogen and oxygen atoms in total. The lowest BCUT2D eigenvalue weighted by Gasteiger charge is -2.39. The number of likely N-dealkylation sites (N-methyl/N-ethyl adjacent to an activating group) is 1. The van der Waals surface area contributed by atoms with E-state index in [0.717, 1.165) is 47.3 Å². The fourth-order valence-corrected chi connectivity index (χ4v) is 4.61. The molecule has 0 aliphatic carbocycles. The standard InChI is InChI=1S/C19H16BrClN4O/c1-24-17-3-2-12(20)8-14(17)19(18(24)26)4-6-25(7-5-19)13-9-15(21)16(10-22)23-11-13/h2-3,8-9,11H,4-7H2,1H3. The molecule has 7 heteroatoms. The lowest BCUT2D eigenvalue weighted by Crippen LogP contribution is -2.48. The molecule has 3 heterocycles. The third kappa shape index (κ3) is 2.50. The number of fused-ring (bicyclic) bond motifs is 2. The van der Waals surface area contributed by atoms with Crippen LogP contribution in [-0.4, -0.2) is 31.0 Å². The van der Waals surface area contributed by atoms with E-state index in [1.165, 1.54) is 0 Å². The molecule has 0 atom stereocenters. The Morgan fingerprint density at radius 2 is 2.04 bits per heavy atom. The number of carbonyl (C=O) groups is 1. The summed E-state index contributed by atoms with van der Waals surface area (Å²) in [4.78, 5) is 21.1. The number of nitrogens with zero attached hydrogens (tertiary/aromatic N) is 4. The van der Waals surface area contributed by atoms with Crippen LogP contribution in [0.1, 0.15) is 24.1 Å². The van der Waals surface area contributed by atoms with E-state index in [1.54, 1.807) is 17.2 Å². The van der Waals surface area contributed by atoms with Gasteiger partial charge in [0.05, 0.1) is 22.3 Å². The quantitative estimate of drug-likeness (QED) is 0.687. The molecule has 1 saturated heterocycles. The summed E-state index contributed by atoms with van der Waals surface area (Å²) < 4.78 is 0.990. The van der Waals surface area contributed by atoms with Crippen LogP contribution in [0.5, 0.6) is 0 Å². The van der Waals surface area contributed by atoms with Crippen molar-refractivity contribution in [3.05, 3.63) is 51.2 Å². The summed E-state index contributed by atoms with van der Waals surface area (Å²) in [5.74, 6) is 0.168. The van der Waals surface area contributed by atoms with Gasteiger partial charge in [-0.1, -0.05) is 27.5 Å². The Hall–Kier alpha value is -2.10. The first-order valence-electron chi connectivity index (χ1n) is 8.35. The minimum atomic E-state index is -0.464. The van der Waals surface area contributed by atoms with Crippen LogP contribution in [0, 0.1) is 11.3 Å². The van der Waals surface area contributed by atoms with Gasteiger partial charge in [0.2, 0.25) is 5.91 Å². The fraction of sp³-hybridized carbons (Fsp3) is 0.316. The molecule has 1 aromatic carbocycles. The van der Waals surface area contributed by atoms with Gasteiger partial charge in [0.15, 0.2) is 5.69 Å². The SMILES string of the molecule is CN1C(=O)C2(CCN(c3cnc(C#N)c(Cl)c3)CC2)c2cc(Br)ccc21. The van der Waals surface area contributed by atoms with Gasteiger partial charge in [0, 0.05) is 30.3 Å². The Balaban J connectivity index is 1.63. The van der Waals surface area contributed by atoms with E-state index in [1.807, 2.05) is 25.2 Å². The average Bonchev–Trinajstić information content (AvgIpc) is 2.84. The van der Waals surface area contributed by atoms with Crippen LogP contribution in [-0.2, 0) is 10.2 Å². The molecule has 2 aromatic rings. The van der Waals surface area contributed by atoms with E-state index in [9.17, 15) is 4.79 Å². The minimum absolute atomic E-state index is 0.168. The number of amides is 1. The van der Waals surface area contributed by atoms with Crippen LogP contribution in [0.25, 0.3) is 0 Å². The van der Waals surface area contributed by atoms with E-state index >= 15 is 0 Å². The van der Waals surface area contributed by atoms with Gasteiger partial charge in [-0.2, -0.15) is 5.26 Å². The van der Waals surface area contributed by atoms with Crippen molar-refractivity contribution in [3.63, 3.8) is 0 Å². The molecule has 2 aliphatic heterocycles. The third-order valence-electron chi connectivity index (χ3n) is 5.46. The van der Waals surface area contributed by atoms with Gasteiger partial charge in [0.25, 0.3) is 0 Å². The van der Waals surface area contributed by atoms with E-state index in [4.69, 9.17) is 16.9 Å². The zero-order chi connectivity index (χ0) is 18.5. The van der Waals surface area contributed by atoms with Crippen molar-refractivity contribution in [1.82, 2.24) is 4.98 Å². The van der Waals surface area contributed by atoms with Crippen LogP contribution in [0.3, 0.4) is 0 Å². The van der Waals surface area contributed by atoms with Crippen LogP contribution >= 0.6 is 27.5 Å². The second kappa shape index (κ2) is 6.26. The number of aromatic nitrogens is 1. The molecule has 1 fully saturated rings. The van der Waals surface area contributed by atoms with Crippen molar-refractivity contribution in [2.45, 2.75) is 18.3 Å². The second-order valence-corrected chi connectivity index (χ2v) is 8.05. The minimum Gasteiger partial charge on any atom is -0.370 e. The normalized spacial score (nSPS) is 18.2. The molecule has 4 rings (SSSR count). The molecule has 26 heavy (non-hydrogen) atoms. The fourth-order valence-electron chi connectivity index (χ4n) is 4.04. The van der Waals surface area contributed by atoms with Gasteiger partial charge >= 0.3 is 0 Å². The van der Waals surface area contributed by atoms with Gasteiger partial charge in [-0.3, -0.25) is 4.79 Å². The molecule has 0 unspecified atom stereocenters. The van der Waals surface area contributed by atoms with E-state index in [2.05, 4.69) is 31.9 Å². The Labute approximate surface area is 165 Å². The highest BCUT2D eigenvalue weighted by Gasteiger charge is 2.51. The molecular formula is C19H16BrClN4O. The van der Waals surface area contributed by atoms with Gasteiger partial charge in [-0.05, 0) is 42.7 Å². The van der Waals surface area contributed by atoms with Crippen LogP contribution < -0.4 is 9.80 Å². The largest absolute Gasteiger partial charge is 0.370 e. The topological polar surface area (TPSA) is 60.2 Å². The van der Waals surface area contributed by atoms with Gasteiger partial charge < -0.3 is 9.80 Å². The summed E-state index contributed by atoms with van der Waals surface area (Å²) in [5.41, 5.74) is 2.76. The third-order valence-corrected chi connectivity index (χ3v) is 6.25. The lowest BCUT2D eigenvalue weighted by atomic mass is 9.73. The van der Waals surface area contributed by atoms with E-state index in [0.29, 0.717) is 5.02 Å². The summed E-state index contributed by atoms with van der Waals surface area (Å²) in [6.45, 7) is 1.46. The zero-order valence-electron chi connectivity index (χ0n) is 14.2. The van der Waals surface area contributed by atoms with E-state index in [-0.39, 0.29) is 11.6 Å². The first-order chi connectivity index (χ1) is 12.5. The highest BCUT2D eigenvalue weighted by molar-refractivity contribution is 9.10. The number of hydrogen-bond donors (Lipinski definition) is 0. The molecule has 2 aliphatic rings. The maximum absolute atomic E-state index is 13.1. The number of anilines is 2. The molecule has 132 valence electrons. The van der Waals surface area contributed by atoms with Crippen LogP contribution in [0.4, 0.5) is 11.4 Å². The first kappa shape index (κ1) is 17.3. The lowest BCUT2D eigenvalue weighted by molar-refractivity contribution is -0.123. The Morgan fingerprint density at radius 3 is 2.69 bits per heavy atom. The monoisotopic (exact) mass is 430 g/mol. The molecular weight excluding hydrogens is 416 g/mol. The smallest absolute Gasteiger partial charge is 0.237 e. The van der Waals surface area contributed by atoms with Crippen molar-refractivity contribution in [2.24, 2.45) is 0 Å². The van der Waals surface area contributed by atoms with Crippen molar-refractivity contribution >= 4 is 44.8 Å². The number of pyridine rings is 1. The molecule has 1 amide bonds. The number of carbonyl (C=O) groups excluding carboxylic acids is 1. The number of hydrogen-bond acceptors (Lipinski definition) is 4. The van der Waals surface area contributed by atoms with E-state index < -0.39 is 5.41 Å². The van der Waals surface area contributed by atoms with Crippen molar-refractivity contribution in [1.29, 1.82) is 5.26 Å². The highest BCUT2D eigenvalue weighted by atomic mass is 79.9. The Bertz CT molecular complexity index is 947. The molecule has 0 saturated carbocycles. The number of rotatable bonds is 1. The zero-order valence-corrected chi connectivity index (χ0v) is 16.5. The molecule has 0 N–H and O–H groups in total. The summed E-state index contributed by atoms with van der Waals surface area (Å²) in [7, 11) is 1.85. The van der Waals surface area contributed by atoms with Gasteiger partial charge in [-0.15, -0.1) is 0 Å². The number of halogens is 2. The molecule has 1 aromatic heterocycles. The molecule has 0 radical (unpaired) electrons. The number of nitriles is 1. The van der Waals surface area contributed by atoms with Crippen molar-refractivity contribution in [3.8, 4) is 6.07 Å². The van der Waals surface area contributed by atoms with Crippen LogP contribution in [0.15, 0.2) is 34.9 Å².